The Bertz CT molecular complexity index is 513. The van der Waals surface area contributed by atoms with Crippen molar-refractivity contribution in [2.24, 2.45) is 5.92 Å². The smallest absolute Gasteiger partial charge is 0.339 e. The quantitative estimate of drug-likeness (QED) is 0.329. The van der Waals surface area contributed by atoms with Crippen molar-refractivity contribution in [1.29, 1.82) is 0 Å². The van der Waals surface area contributed by atoms with E-state index in [9.17, 15) is 4.79 Å². The van der Waals surface area contributed by atoms with Gasteiger partial charge in [0.05, 0.1) is 5.56 Å². The first kappa shape index (κ1) is 16.2. The van der Waals surface area contributed by atoms with Gasteiger partial charge in [-0.1, -0.05) is 0 Å². The molecule has 0 spiro atoms. The minimum Gasteiger partial charge on any atom is -0.456 e. The number of hydrogen-bond donors (Lipinski definition) is 1. The highest BCUT2D eigenvalue weighted by Crippen LogP contribution is 2.28. The number of hydrogen-bond acceptors (Lipinski definition) is 3. The monoisotopic (exact) mass is 597 g/mol. The van der Waals surface area contributed by atoms with Crippen LogP contribution in [0.15, 0.2) is 12.1 Å². The van der Waals surface area contributed by atoms with E-state index in [4.69, 9.17) is 4.74 Å². The van der Waals surface area contributed by atoms with Gasteiger partial charge < -0.3 is 10.1 Å². The average Bonchev–Trinajstić information content (AvgIpc) is 2.18. The maximum atomic E-state index is 12.4. The van der Waals surface area contributed by atoms with Crippen LogP contribution in [0.2, 0.25) is 0 Å². The van der Waals surface area contributed by atoms with Crippen molar-refractivity contribution in [1.82, 2.24) is 5.32 Å². The van der Waals surface area contributed by atoms with Crippen LogP contribution in [-0.2, 0) is 4.74 Å². The summed E-state index contributed by atoms with van der Waals surface area (Å²) in [5.41, 5.74) is 0.246. The topological polar surface area (TPSA) is 38.3 Å². The number of nitrogens with one attached hydrogen (secondary N) is 1. The van der Waals surface area contributed by atoms with Crippen molar-refractivity contribution in [2.45, 2.75) is 19.4 Å². The normalized spacial score (nSPS) is 16.1. The zero-order valence-corrected chi connectivity index (χ0v) is 17.1. The van der Waals surface area contributed by atoms with Crippen LogP contribution in [0.5, 0.6) is 0 Å². The zero-order chi connectivity index (χ0) is 14.2. The molecule has 3 nitrogen and oxygen atoms in total. The van der Waals surface area contributed by atoms with Gasteiger partial charge >= 0.3 is 5.97 Å². The summed E-state index contributed by atoms with van der Waals surface area (Å²) in [4.78, 5) is 12.4. The molecule has 1 heterocycles. The Kier molecular flexibility index (Phi) is 5.38. The standard InChI is InChI=1S/C13H14I3NO2/c1-13(2,7-5-17-6-7)19-12(18)9-3-8(14)4-10(15)11(9)16/h3-4,7,17H,5-6H2,1-2H3. The Hall–Kier alpha value is 0.840. The lowest BCUT2D eigenvalue weighted by Gasteiger charge is -2.40. The van der Waals surface area contributed by atoms with Gasteiger partial charge in [0.2, 0.25) is 0 Å². The lowest BCUT2D eigenvalue weighted by molar-refractivity contribution is -0.0424. The molecule has 0 bridgehead atoms. The molecule has 1 aliphatic heterocycles. The number of carbonyl (C=O) groups is 1. The summed E-state index contributed by atoms with van der Waals surface area (Å²) in [7, 11) is 0. The van der Waals surface area contributed by atoms with E-state index in [0.717, 1.165) is 23.8 Å². The summed E-state index contributed by atoms with van der Waals surface area (Å²) < 4.78 is 8.83. The molecule has 1 fully saturated rings. The second-order valence-corrected chi connectivity index (χ2v) is 8.58. The molecule has 104 valence electrons. The first-order valence-electron chi connectivity index (χ1n) is 5.90. The Morgan fingerprint density at radius 1 is 1.32 bits per heavy atom. The molecule has 2 rings (SSSR count). The van der Waals surface area contributed by atoms with Crippen LogP contribution < -0.4 is 5.32 Å². The third-order valence-corrected chi connectivity index (χ3v) is 7.00. The highest BCUT2D eigenvalue weighted by Gasteiger charge is 2.37. The number of halogens is 3. The Morgan fingerprint density at radius 3 is 2.47 bits per heavy atom. The van der Waals surface area contributed by atoms with Crippen LogP contribution in [-0.4, -0.2) is 24.7 Å². The largest absolute Gasteiger partial charge is 0.456 e. The van der Waals surface area contributed by atoms with E-state index in [-0.39, 0.29) is 5.97 Å². The van der Waals surface area contributed by atoms with E-state index >= 15 is 0 Å². The molecule has 1 saturated heterocycles. The van der Waals surface area contributed by atoms with Crippen LogP contribution >= 0.6 is 67.8 Å². The number of esters is 1. The van der Waals surface area contributed by atoms with Gasteiger partial charge in [-0.05, 0) is 93.8 Å². The number of ether oxygens (including phenoxy) is 1. The molecule has 1 N–H and O–H groups in total. The molecule has 0 radical (unpaired) electrons. The van der Waals surface area contributed by atoms with Crippen LogP contribution in [0.3, 0.4) is 0 Å². The fourth-order valence-electron chi connectivity index (χ4n) is 1.86. The van der Waals surface area contributed by atoms with Crippen molar-refractivity contribution in [3.8, 4) is 0 Å². The molecule has 6 heteroatoms. The van der Waals surface area contributed by atoms with Crippen LogP contribution in [0, 0.1) is 16.6 Å². The van der Waals surface area contributed by atoms with Crippen LogP contribution in [0.1, 0.15) is 24.2 Å². The van der Waals surface area contributed by atoms with Gasteiger partial charge in [-0.2, -0.15) is 0 Å². The van der Waals surface area contributed by atoms with E-state index < -0.39 is 5.60 Å². The van der Waals surface area contributed by atoms with E-state index in [0.29, 0.717) is 11.5 Å². The Morgan fingerprint density at radius 2 is 1.95 bits per heavy atom. The molecule has 0 amide bonds. The molecule has 0 atom stereocenters. The van der Waals surface area contributed by atoms with Gasteiger partial charge in [0.25, 0.3) is 0 Å². The molecule has 1 aromatic carbocycles. The molecule has 0 unspecified atom stereocenters. The summed E-state index contributed by atoms with van der Waals surface area (Å²) in [6.45, 7) is 5.81. The SMILES string of the molecule is CC(C)(OC(=O)c1cc(I)cc(I)c1I)C1CNC1. The summed E-state index contributed by atoms with van der Waals surface area (Å²) in [5, 5.41) is 3.21. The van der Waals surface area contributed by atoms with Gasteiger partial charge in [0, 0.05) is 29.7 Å². The maximum Gasteiger partial charge on any atom is 0.339 e. The number of benzene rings is 1. The van der Waals surface area contributed by atoms with Gasteiger partial charge in [-0.15, -0.1) is 0 Å². The van der Waals surface area contributed by atoms with E-state index in [1.54, 1.807) is 0 Å². The molecule has 19 heavy (non-hydrogen) atoms. The van der Waals surface area contributed by atoms with E-state index in [1.807, 2.05) is 19.9 Å². The summed E-state index contributed by atoms with van der Waals surface area (Å²) in [6.07, 6.45) is 0. The molecule has 1 aromatic rings. The predicted molar refractivity (Wildman–Crippen MR) is 100 cm³/mol. The van der Waals surface area contributed by atoms with Crippen molar-refractivity contribution in [2.75, 3.05) is 13.1 Å². The summed E-state index contributed by atoms with van der Waals surface area (Å²) in [6, 6.07) is 3.95. The van der Waals surface area contributed by atoms with Crippen molar-refractivity contribution in [3.63, 3.8) is 0 Å². The van der Waals surface area contributed by atoms with Crippen molar-refractivity contribution < 1.29 is 9.53 Å². The summed E-state index contributed by atoms with van der Waals surface area (Å²) in [5.74, 6) is 0.175. The molecule has 0 saturated carbocycles. The highest BCUT2D eigenvalue weighted by molar-refractivity contribution is 14.1. The zero-order valence-electron chi connectivity index (χ0n) is 10.6. The second-order valence-electron chi connectivity index (χ2n) is 5.10. The minimum atomic E-state index is -0.419. The van der Waals surface area contributed by atoms with Gasteiger partial charge in [0.15, 0.2) is 0 Å². The fourth-order valence-corrected chi connectivity index (χ4v) is 4.24. The molecule has 0 aromatic heterocycles. The van der Waals surface area contributed by atoms with E-state index in [2.05, 4.69) is 79.2 Å². The average molecular weight is 597 g/mol. The predicted octanol–water partition coefficient (Wildman–Crippen LogP) is 3.66. The van der Waals surface area contributed by atoms with Crippen LogP contribution in [0.25, 0.3) is 0 Å². The van der Waals surface area contributed by atoms with Crippen molar-refractivity contribution >= 4 is 73.7 Å². The summed E-state index contributed by atoms with van der Waals surface area (Å²) >= 11 is 6.68. The van der Waals surface area contributed by atoms with Gasteiger partial charge in [0.1, 0.15) is 5.60 Å². The molecule has 0 aliphatic carbocycles. The Labute approximate surface area is 154 Å². The van der Waals surface area contributed by atoms with E-state index in [1.165, 1.54) is 0 Å². The third kappa shape index (κ3) is 3.73. The van der Waals surface area contributed by atoms with Crippen LogP contribution in [0.4, 0.5) is 0 Å². The first-order valence-corrected chi connectivity index (χ1v) is 9.13. The third-order valence-electron chi connectivity index (χ3n) is 3.33. The highest BCUT2D eigenvalue weighted by atomic mass is 127. The molecular weight excluding hydrogens is 583 g/mol. The maximum absolute atomic E-state index is 12.4. The first-order chi connectivity index (χ1) is 8.81. The fraction of sp³-hybridized carbons (Fsp3) is 0.462. The molecular formula is C13H14I3NO2. The molecule has 1 aliphatic rings. The second kappa shape index (κ2) is 6.30. The minimum absolute atomic E-state index is 0.224. The van der Waals surface area contributed by atoms with Gasteiger partial charge in [-0.25, -0.2) is 4.79 Å². The Balaban J connectivity index is 2.20. The lowest BCUT2D eigenvalue weighted by atomic mass is 9.86. The van der Waals surface area contributed by atoms with Crippen molar-refractivity contribution in [3.05, 3.63) is 28.4 Å². The lowest BCUT2D eigenvalue weighted by Crippen LogP contribution is -2.54. The number of rotatable bonds is 3. The number of carbonyl (C=O) groups excluding carboxylic acids is 1. The van der Waals surface area contributed by atoms with Gasteiger partial charge in [-0.3, -0.25) is 0 Å².